The molecule has 1 atom stereocenters. The van der Waals surface area contributed by atoms with Crippen LogP contribution in [0.5, 0.6) is 0 Å². The molecule has 0 radical (unpaired) electrons. The summed E-state index contributed by atoms with van der Waals surface area (Å²) in [5, 5.41) is 0.159. The molecule has 1 nitrogen and oxygen atoms in total. The molecule has 0 aliphatic heterocycles. The molecule has 0 bridgehead atoms. The smallest absolute Gasteiger partial charge is 0.145 e. The van der Waals surface area contributed by atoms with Crippen LogP contribution in [0.25, 0.3) is 0 Å². The molecule has 0 saturated heterocycles. The van der Waals surface area contributed by atoms with Gasteiger partial charge in [-0.2, -0.15) is 0 Å². The van der Waals surface area contributed by atoms with Gasteiger partial charge in [0.25, 0.3) is 0 Å². The van der Waals surface area contributed by atoms with Gasteiger partial charge in [0.2, 0.25) is 0 Å². The Morgan fingerprint density at radius 3 is 2.60 bits per heavy atom. The van der Waals surface area contributed by atoms with Crippen LogP contribution in [0.15, 0.2) is 18.2 Å². The Kier molecular flexibility index (Phi) is 3.74. The van der Waals surface area contributed by atoms with Crippen molar-refractivity contribution in [2.45, 2.75) is 32.7 Å². The predicted molar refractivity (Wildman–Crippen MR) is 62.5 cm³/mol. The monoisotopic (exact) mass is 229 g/mol. The lowest BCUT2D eigenvalue weighted by molar-refractivity contribution is 0.334. The van der Waals surface area contributed by atoms with E-state index in [0.29, 0.717) is 12.0 Å². The number of hydrogen-bond acceptors (Lipinski definition) is 1. The molecule has 15 heavy (non-hydrogen) atoms. The minimum Gasteiger partial charge on any atom is -0.325 e. The van der Waals surface area contributed by atoms with E-state index in [1.807, 2.05) is 20.8 Å². The molecule has 0 spiro atoms. The molecule has 0 amide bonds. The summed E-state index contributed by atoms with van der Waals surface area (Å²) in [4.78, 5) is 0. The van der Waals surface area contributed by atoms with Crippen molar-refractivity contribution in [3.05, 3.63) is 34.6 Å². The summed E-state index contributed by atoms with van der Waals surface area (Å²) in [7, 11) is 0. The van der Waals surface area contributed by atoms with Crippen molar-refractivity contribution >= 4 is 11.6 Å². The summed E-state index contributed by atoms with van der Waals surface area (Å²) in [5.74, 6) is -0.0626. The zero-order valence-corrected chi connectivity index (χ0v) is 10.1. The van der Waals surface area contributed by atoms with Gasteiger partial charge < -0.3 is 5.73 Å². The Balaban J connectivity index is 2.95. The van der Waals surface area contributed by atoms with E-state index in [2.05, 4.69) is 0 Å². The lowest BCUT2D eigenvalue weighted by Gasteiger charge is -2.29. The highest BCUT2D eigenvalue weighted by Gasteiger charge is 2.25. The molecule has 0 aromatic heterocycles. The molecular weight excluding hydrogens is 213 g/mol. The third-order valence-electron chi connectivity index (χ3n) is 2.92. The lowest BCUT2D eigenvalue weighted by Crippen LogP contribution is -2.44. The summed E-state index contributed by atoms with van der Waals surface area (Å²) in [6.45, 7) is 5.99. The van der Waals surface area contributed by atoms with Crippen LogP contribution in [0.3, 0.4) is 0 Å². The molecule has 3 heteroatoms. The van der Waals surface area contributed by atoms with Crippen molar-refractivity contribution in [3.8, 4) is 0 Å². The molecule has 0 saturated carbocycles. The maximum absolute atomic E-state index is 13.6. The topological polar surface area (TPSA) is 26.0 Å². The Morgan fingerprint density at radius 2 is 2.07 bits per heavy atom. The van der Waals surface area contributed by atoms with E-state index in [0.717, 1.165) is 0 Å². The fourth-order valence-electron chi connectivity index (χ4n) is 1.30. The molecule has 1 rings (SSSR count). The van der Waals surface area contributed by atoms with E-state index < -0.39 is 5.54 Å². The van der Waals surface area contributed by atoms with Crippen molar-refractivity contribution < 1.29 is 4.39 Å². The Morgan fingerprint density at radius 1 is 1.47 bits per heavy atom. The average Bonchev–Trinajstić information content (AvgIpc) is 2.12. The van der Waals surface area contributed by atoms with Gasteiger partial charge in [0.05, 0.1) is 5.02 Å². The molecule has 1 aromatic carbocycles. The second-order valence-corrected chi connectivity index (χ2v) is 4.96. The van der Waals surface area contributed by atoms with Gasteiger partial charge in [0.1, 0.15) is 5.82 Å². The second kappa shape index (κ2) is 4.50. The number of hydrogen-bond donors (Lipinski definition) is 1. The number of benzene rings is 1. The van der Waals surface area contributed by atoms with Crippen LogP contribution in [0, 0.1) is 11.7 Å². The minimum atomic E-state index is -0.411. The SMILES string of the molecule is CC(C)C(C)(N)Cc1cccc(Cl)c1F. The van der Waals surface area contributed by atoms with Gasteiger partial charge in [0.15, 0.2) is 0 Å². The van der Waals surface area contributed by atoms with Crippen molar-refractivity contribution in [3.63, 3.8) is 0 Å². The van der Waals surface area contributed by atoms with Crippen LogP contribution in [0.1, 0.15) is 26.3 Å². The van der Waals surface area contributed by atoms with Gasteiger partial charge in [-0.25, -0.2) is 4.39 Å². The number of nitrogens with two attached hydrogens (primary N) is 1. The van der Waals surface area contributed by atoms with Crippen LogP contribution in [-0.2, 0) is 6.42 Å². The zero-order chi connectivity index (χ0) is 11.6. The largest absolute Gasteiger partial charge is 0.325 e. The normalized spacial score (nSPS) is 15.4. The van der Waals surface area contributed by atoms with Gasteiger partial charge >= 0.3 is 0 Å². The molecular formula is C12H17ClFN. The van der Waals surface area contributed by atoms with Crippen molar-refractivity contribution in [1.82, 2.24) is 0 Å². The summed E-state index contributed by atoms with van der Waals surface area (Å²) in [5.41, 5.74) is 6.27. The van der Waals surface area contributed by atoms with Crippen molar-refractivity contribution in [2.24, 2.45) is 11.7 Å². The maximum atomic E-state index is 13.6. The van der Waals surface area contributed by atoms with E-state index in [9.17, 15) is 4.39 Å². The van der Waals surface area contributed by atoms with Crippen LogP contribution in [0.4, 0.5) is 4.39 Å². The van der Waals surface area contributed by atoms with Crippen LogP contribution >= 0.6 is 11.6 Å². The first-order chi connectivity index (χ1) is 6.84. The fourth-order valence-corrected chi connectivity index (χ4v) is 1.49. The first kappa shape index (κ1) is 12.5. The summed E-state index contributed by atoms with van der Waals surface area (Å²) < 4.78 is 13.6. The highest BCUT2D eigenvalue weighted by molar-refractivity contribution is 6.30. The highest BCUT2D eigenvalue weighted by Crippen LogP contribution is 2.24. The zero-order valence-electron chi connectivity index (χ0n) is 9.35. The van der Waals surface area contributed by atoms with Crippen LogP contribution in [0.2, 0.25) is 5.02 Å². The van der Waals surface area contributed by atoms with Gasteiger partial charge in [0, 0.05) is 5.54 Å². The third-order valence-corrected chi connectivity index (χ3v) is 3.21. The third kappa shape index (κ3) is 2.93. The molecule has 0 heterocycles. The molecule has 0 aliphatic carbocycles. The first-order valence-corrected chi connectivity index (χ1v) is 5.44. The lowest BCUT2D eigenvalue weighted by atomic mass is 9.83. The van der Waals surface area contributed by atoms with E-state index >= 15 is 0 Å². The van der Waals surface area contributed by atoms with E-state index in [-0.39, 0.29) is 16.8 Å². The quantitative estimate of drug-likeness (QED) is 0.845. The fraction of sp³-hybridized carbons (Fsp3) is 0.500. The van der Waals surface area contributed by atoms with Gasteiger partial charge in [-0.05, 0) is 30.9 Å². The standard InChI is InChI=1S/C12H17ClFN/c1-8(2)12(3,15)7-9-5-4-6-10(13)11(9)14/h4-6,8H,7,15H2,1-3H3. The Hall–Kier alpha value is -0.600. The molecule has 0 aliphatic rings. The number of halogens is 2. The molecule has 1 aromatic rings. The molecule has 2 N–H and O–H groups in total. The van der Waals surface area contributed by atoms with Crippen LogP contribution in [-0.4, -0.2) is 5.54 Å². The molecule has 84 valence electrons. The Labute approximate surface area is 95.4 Å². The second-order valence-electron chi connectivity index (χ2n) is 4.55. The van der Waals surface area contributed by atoms with E-state index in [4.69, 9.17) is 17.3 Å². The van der Waals surface area contributed by atoms with E-state index in [1.54, 1.807) is 18.2 Å². The van der Waals surface area contributed by atoms with Crippen molar-refractivity contribution in [2.75, 3.05) is 0 Å². The summed E-state index contributed by atoms with van der Waals surface area (Å²) in [6.07, 6.45) is 0.497. The van der Waals surface area contributed by atoms with Crippen molar-refractivity contribution in [1.29, 1.82) is 0 Å². The first-order valence-electron chi connectivity index (χ1n) is 5.06. The highest BCUT2D eigenvalue weighted by atomic mass is 35.5. The molecule has 1 unspecified atom stereocenters. The van der Waals surface area contributed by atoms with E-state index in [1.165, 1.54) is 0 Å². The maximum Gasteiger partial charge on any atom is 0.145 e. The number of rotatable bonds is 3. The molecule has 0 fully saturated rings. The summed E-state index contributed by atoms with van der Waals surface area (Å²) >= 11 is 5.71. The average molecular weight is 230 g/mol. The minimum absolute atomic E-state index is 0.159. The van der Waals surface area contributed by atoms with Gasteiger partial charge in [-0.15, -0.1) is 0 Å². The van der Waals surface area contributed by atoms with Gasteiger partial charge in [-0.1, -0.05) is 37.6 Å². The predicted octanol–water partition coefficient (Wildman–Crippen LogP) is 3.40. The van der Waals surface area contributed by atoms with Crippen LogP contribution < -0.4 is 5.73 Å². The van der Waals surface area contributed by atoms with Gasteiger partial charge in [-0.3, -0.25) is 0 Å². The Bertz CT molecular complexity index is 347. The summed E-state index contributed by atoms with van der Waals surface area (Å²) in [6, 6.07) is 5.02.